The number of hydrogen-bond donors (Lipinski definition) is 2. The molecule has 0 atom stereocenters. The second-order valence-electron chi connectivity index (χ2n) is 5.22. The molecule has 21 heavy (non-hydrogen) atoms. The first kappa shape index (κ1) is 15.3. The summed E-state index contributed by atoms with van der Waals surface area (Å²) in [6.45, 7) is 1.55. The van der Waals surface area contributed by atoms with Crippen molar-refractivity contribution in [2.45, 2.75) is 32.4 Å². The van der Waals surface area contributed by atoms with E-state index in [-0.39, 0.29) is 18.5 Å². The number of aliphatic carboxylic acids is 1. The summed E-state index contributed by atoms with van der Waals surface area (Å²) in [5.74, 6) is -2.00. The number of rotatable bonds is 3. The van der Waals surface area contributed by atoms with Crippen LogP contribution in [-0.2, 0) is 15.8 Å². The standard InChI is InChI=1S/C14H14F3NO3/c1-8-3-4-9(14(15,16)17)7-10(8)18-11(19)13(12(20)21)5-2-6-13/h3-4,7H,2,5-6H2,1H3,(H,18,19)(H,20,21). The zero-order valence-electron chi connectivity index (χ0n) is 11.3. The third-order valence-electron chi connectivity index (χ3n) is 3.86. The summed E-state index contributed by atoms with van der Waals surface area (Å²) >= 11 is 0. The lowest BCUT2D eigenvalue weighted by molar-refractivity contribution is -0.159. The van der Waals surface area contributed by atoms with Crippen molar-refractivity contribution >= 4 is 17.6 Å². The van der Waals surface area contributed by atoms with Crippen LogP contribution in [0.5, 0.6) is 0 Å². The van der Waals surface area contributed by atoms with Gasteiger partial charge in [-0.1, -0.05) is 12.5 Å². The molecule has 0 radical (unpaired) electrons. The van der Waals surface area contributed by atoms with Gasteiger partial charge in [-0.25, -0.2) is 0 Å². The van der Waals surface area contributed by atoms with Gasteiger partial charge >= 0.3 is 12.1 Å². The molecule has 1 aromatic carbocycles. The van der Waals surface area contributed by atoms with Crippen molar-refractivity contribution in [3.05, 3.63) is 29.3 Å². The maximum absolute atomic E-state index is 12.7. The Morgan fingerprint density at radius 3 is 2.33 bits per heavy atom. The highest BCUT2D eigenvalue weighted by Gasteiger charge is 2.51. The maximum Gasteiger partial charge on any atom is 0.416 e. The van der Waals surface area contributed by atoms with E-state index in [0.29, 0.717) is 12.0 Å². The summed E-state index contributed by atoms with van der Waals surface area (Å²) in [6.07, 6.45) is -3.51. The highest BCUT2D eigenvalue weighted by molar-refractivity contribution is 6.09. The van der Waals surface area contributed by atoms with Crippen LogP contribution in [0.4, 0.5) is 18.9 Å². The van der Waals surface area contributed by atoms with Gasteiger partial charge in [-0.15, -0.1) is 0 Å². The topological polar surface area (TPSA) is 66.4 Å². The van der Waals surface area contributed by atoms with E-state index < -0.39 is 29.0 Å². The van der Waals surface area contributed by atoms with E-state index >= 15 is 0 Å². The number of anilines is 1. The molecule has 0 bridgehead atoms. The molecule has 2 rings (SSSR count). The van der Waals surface area contributed by atoms with Crippen LogP contribution in [0.15, 0.2) is 18.2 Å². The Kier molecular flexibility index (Phi) is 3.69. The number of nitrogens with one attached hydrogen (secondary N) is 1. The zero-order valence-corrected chi connectivity index (χ0v) is 11.3. The van der Waals surface area contributed by atoms with E-state index in [1.165, 1.54) is 6.07 Å². The molecule has 0 spiro atoms. The van der Waals surface area contributed by atoms with Crippen LogP contribution in [-0.4, -0.2) is 17.0 Å². The normalized spacial score (nSPS) is 17.0. The molecular formula is C14H14F3NO3. The summed E-state index contributed by atoms with van der Waals surface area (Å²) in [5, 5.41) is 11.5. The average molecular weight is 301 g/mol. The largest absolute Gasteiger partial charge is 0.480 e. The molecule has 4 nitrogen and oxygen atoms in total. The quantitative estimate of drug-likeness (QED) is 0.842. The molecule has 114 valence electrons. The molecule has 1 amide bonds. The van der Waals surface area contributed by atoms with Gasteiger partial charge < -0.3 is 10.4 Å². The number of halogens is 3. The molecule has 0 unspecified atom stereocenters. The maximum atomic E-state index is 12.7. The highest BCUT2D eigenvalue weighted by atomic mass is 19.4. The molecule has 1 aliphatic rings. The van der Waals surface area contributed by atoms with E-state index in [1.54, 1.807) is 6.92 Å². The van der Waals surface area contributed by atoms with Crippen molar-refractivity contribution in [3.63, 3.8) is 0 Å². The lowest BCUT2D eigenvalue weighted by atomic mass is 9.68. The fourth-order valence-electron chi connectivity index (χ4n) is 2.24. The van der Waals surface area contributed by atoms with Crippen LogP contribution >= 0.6 is 0 Å². The Morgan fingerprint density at radius 2 is 1.90 bits per heavy atom. The first-order valence-corrected chi connectivity index (χ1v) is 6.39. The molecule has 2 N–H and O–H groups in total. The molecule has 1 aliphatic carbocycles. The zero-order chi connectivity index (χ0) is 15.8. The number of benzene rings is 1. The van der Waals surface area contributed by atoms with Crippen LogP contribution < -0.4 is 5.32 Å². The first-order valence-electron chi connectivity index (χ1n) is 6.39. The van der Waals surface area contributed by atoms with Crippen LogP contribution in [0.3, 0.4) is 0 Å². The molecule has 1 aromatic rings. The third kappa shape index (κ3) is 2.72. The third-order valence-corrected chi connectivity index (χ3v) is 3.86. The number of carbonyl (C=O) groups excluding carboxylic acids is 1. The number of aryl methyl sites for hydroxylation is 1. The summed E-state index contributed by atoms with van der Waals surface area (Å²) in [6, 6.07) is 2.98. The summed E-state index contributed by atoms with van der Waals surface area (Å²) in [7, 11) is 0. The lowest BCUT2D eigenvalue weighted by Crippen LogP contribution is -2.48. The van der Waals surface area contributed by atoms with E-state index in [2.05, 4.69) is 5.32 Å². The Balaban J connectivity index is 2.27. The van der Waals surface area contributed by atoms with Crippen molar-refractivity contribution in [3.8, 4) is 0 Å². The summed E-state index contributed by atoms with van der Waals surface area (Å²) < 4.78 is 38.0. The first-order chi connectivity index (χ1) is 9.67. The molecule has 1 fully saturated rings. The van der Waals surface area contributed by atoms with Gasteiger partial charge in [0.1, 0.15) is 5.41 Å². The van der Waals surface area contributed by atoms with Crippen LogP contribution in [0.25, 0.3) is 0 Å². The monoisotopic (exact) mass is 301 g/mol. The average Bonchev–Trinajstić information content (AvgIpc) is 2.28. The Bertz CT molecular complexity index is 592. The molecule has 0 aromatic heterocycles. The fourth-order valence-corrected chi connectivity index (χ4v) is 2.24. The fraction of sp³-hybridized carbons (Fsp3) is 0.429. The van der Waals surface area contributed by atoms with Gasteiger partial charge in [0.15, 0.2) is 0 Å². The Hall–Kier alpha value is -2.05. The number of amides is 1. The number of hydrogen-bond acceptors (Lipinski definition) is 2. The Morgan fingerprint density at radius 1 is 1.29 bits per heavy atom. The number of carboxylic acids is 1. The van der Waals surface area contributed by atoms with Crippen molar-refractivity contribution in [2.24, 2.45) is 5.41 Å². The van der Waals surface area contributed by atoms with E-state index in [0.717, 1.165) is 12.1 Å². The number of carbonyl (C=O) groups is 2. The molecule has 7 heteroatoms. The van der Waals surface area contributed by atoms with E-state index in [4.69, 9.17) is 5.11 Å². The summed E-state index contributed by atoms with van der Waals surface area (Å²) in [5.41, 5.74) is -1.97. The number of carboxylic acid groups (broad SMARTS) is 1. The van der Waals surface area contributed by atoms with Gasteiger partial charge in [0.2, 0.25) is 5.91 Å². The summed E-state index contributed by atoms with van der Waals surface area (Å²) in [4.78, 5) is 23.3. The lowest BCUT2D eigenvalue weighted by Gasteiger charge is -2.35. The predicted molar refractivity (Wildman–Crippen MR) is 68.7 cm³/mol. The van der Waals surface area contributed by atoms with Crippen molar-refractivity contribution in [1.82, 2.24) is 0 Å². The van der Waals surface area contributed by atoms with Gasteiger partial charge in [-0.05, 0) is 37.5 Å². The SMILES string of the molecule is Cc1ccc(C(F)(F)F)cc1NC(=O)C1(C(=O)O)CCC1. The van der Waals surface area contributed by atoms with Crippen LogP contribution in [0, 0.1) is 12.3 Å². The van der Waals surface area contributed by atoms with E-state index in [1.807, 2.05) is 0 Å². The second kappa shape index (κ2) is 5.05. The molecular weight excluding hydrogens is 287 g/mol. The van der Waals surface area contributed by atoms with Crippen LogP contribution in [0.1, 0.15) is 30.4 Å². The van der Waals surface area contributed by atoms with Crippen LogP contribution in [0.2, 0.25) is 0 Å². The van der Waals surface area contributed by atoms with Crippen molar-refractivity contribution < 1.29 is 27.9 Å². The smallest absolute Gasteiger partial charge is 0.416 e. The van der Waals surface area contributed by atoms with Gasteiger partial charge in [0, 0.05) is 5.69 Å². The second-order valence-corrected chi connectivity index (χ2v) is 5.22. The minimum Gasteiger partial charge on any atom is -0.480 e. The minimum atomic E-state index is -4.52. The molecule has 0 heterocycles. The minimum absolute atomic E-state index is 0.0117. The highest BCUT2D eigenvalue weighted by Crippen LogP contribution is 2.42. The van der Waals surface area contributed by atoms with Gasteiger partial charge in [-0.2, -0.15) is 13.2 Å². The predicted octanol–water partition coefficient (Wildman–Crippen LogP) is 3.21. The number of alkyl halides is 3. The molecule has 0 aliphatic heterocycles. The van der Waals surface area contributed by atoms with Gasteiger partial charge in [-0.3, -0.25) is 9.59 Å². The molecule has 1 saturated carbocycles. The van der Waals surface area contributed by atoms with Gasteiger partial charge in [0.25, 0.3) is 0 Å². The van der Waals surface area contributed by atoms with E-state index in [9.17, 15) is 22.8 Å². The van der Waals surface area contributed by atoms with Gasteiger partial charge in [0.05, 0.1) is 5.56 Å². The van der Waals surface area contributed by atoms with Crippen molar-refractivity contribution in [2.75, 3.05) is 5.32 Å². The Labute approximate surface area is 119 Å². The van der Waals surface area contributed by atoms with Crippen molar-refractivity contribution in [1.29, 1.82) is 0 Å². The molecule has 0 saturated heterocycles.